The number of carbonyl (C=O) groups is 3. The number of carbonyl (C=O) groups excluding carboxylic acids is 3. The van der Waals surface area contributed by atoms with Gasteiger partial charge in [0.15, 0.2) is 10.8 Å². The smallest absolute Gasteiger partial charge is 0.362 e. The highest BCUT2D eigenvalue weighted by atomic mass is 32.2. The highest BCUT2D eigenvalue weighted by Gasteiger charge is 2.55. The summed E-state index contributed by atoms with van der Waals surface area (Å²) in [5.74, 6) is -3.40. The Kier molecular flexibility index (Phi) is 8.75. The van der Waals surface area contributed by atoms with Gasteiger partial charge in [-0.1, -0.05) is 19.0 Å². The highest BCUT2D eigenvalue weighted by molar-refractivity contribution is 7.84. The van der Waals surface area contributed by atoms with Gasteiger partial charge in [0, 0.05) is 17.5 Å². The van der Waals surface area contributed by atoms with Crippen LogP contribution in [0.15, 0.2) is 34.8 Å². The van der Waals surface area contributed by atoms with Crippen molar-refractivity contribution in [3.63, 3.8) is 0 Å². The summed E-state index contributed by atoms with van der Waals surface area (Å²) in [5.41, 5.74) is 3.76. The van der Waals surface area contributed by atoms with E-state index in [9.17, 15) is 37.5 Å². The number of nitrogens with zero attached hydrogens (tertiary/aromatic N) is 4. The van der Waals surface area contributed by atoms with Crippen LogP contribution in [0.5, 0.6) is 0 Å². The van der Waals surface area contributed by atoms with Crippen LogP contribution >= 0.6 is 11.3 Å². The van der Waals surface area contributed by atoms with Crippen LogP contribution in [0, 0.1) is 16.0 Å². The number of β-lactam (4-membered cyclic amide) rings is 1. The number of hydrogen-bond donors (Lipinski definition) is 3. The van der Waals surface area contributed by atoms with Crippen LogP contribution in [0.25, 0.3) is 0 Å². The number of aromatic nitrogens is 1. The number of esters is 1. The van der Waals surface area contributed by atoms with Crippen molar-refractivity contribution in [1.29, 1.82) is 0 Å². The van der Waals surface area contributed by atoms with Crippen LogP contribution in [0.2, 0.25) is 0 Å². The van der Waals surface area contributed by atoms with E-state index in [-0.39, 0.29) is 27.4 Å². The average Bonchev–Trinajstić information content (AvgIpc) is 3.28. The summed E-state index contributed by atoms with van der Waals surface area (Å²) >= 11 is 0.976. The van der Waals surface area contributed by atoms with Crippen LogP contribution in [0.1, 0.15) is 39.0 Å². The Morgan fingerprint density at radius 1 is 1.32 bits per heavy atom. The standard InChI is InChI=1S/C22H26N6O10S2/c1-11(2)17-16(19(30)27(17)40(34,35)36)25-18(29)15(14-10-39-21(23)24-14)26-38-22(3,4)20(31)37-9-12-5-7-13(8-6-12)28(32)33/h5-8,10-11,16-17H,9H2,1-4H3,(H2,23,24)(H,25,29)(H,34,35,36). The maximum atomic E-state index is 13.2. The van der Waals surface area contributed by atoms with Gasteiger partial charge in [0.2, 0.25) is 5.60 Å². The second-order valence-electron chi connectivity index (χ2n) is 9.41. The van der Waals surface area contributed by atoms with E-state index in [1.165, 1.54) is 43.5 Å². The summed E-state index contributed by atoms with van der Waals surface area (Å²) in [7, 11) is -4.85. The predicted molar refractivity (Wildman–Crippen MR) is 140 cm³/mol. The second kappa shape index (κ2) is 11.5. The molecule has 18 heteroatoms. The quantitative estimate of drug-likeness (QED) is 0.0821. The van der Waals surface area contributed by atoms with Gasteiger partial charge in [0.25, 0.3) is 17.5 Å². The van der Waals surface area contributed by atoms with E-state index in [2.05, 4.69) is 15.5 Å². The summed E-state index contributed by atoms with van der Waals surface area (Å²) in [6.45, 7) is 5.59. The molecule has 4 N–H and O–H groups in total. The molecule has 40 heavy (non-hydrogen) atoms. The maximum Gasteiger partial charge on any atom is 0.362 e. The first-order valence-corrected chi connectivity index (χ1v) is 13.8. The van der Waals surface area contributed by atoms with E-state index >= 15 is 0 Å². The first-order chi connectivity index (χ1) is 18.5. The number of anilines is 1. The first kappa shape index (κ1) is 30.4. The fourth-order valence-electron chi connectivity index (χ4n) is 3.60. The van der Waals surface area contributed by atoms with Gasteiger partial charge in [-0.3, -0.25) is 24.3 Å². The van der Waals surface area contributed by atoms with E-state index in [1.54, 1.807) is 13.8 Å². The predicted octanol–water partition coefficient (Wildman–Crippen LogP) is 1.03. The molecule has 16 nitrogen and oxygen atoms in total. The number of nitrogens with one attached hydrogen (secondary N) is 1. The Hall–Kier alpha value is -4.16. The normalized spacial score (nSPS) is 17.8. The molecule has 0 saturated carbocycles. The molecule has 2 amide bonds. The van der Waals surface area contributed by atoms with Crippen molar-refractivity contribution >= 4 is 56.0 Å². The van der Waals surface area contributed by atoms with E-state index in [0.29, 0.717) is 5.56 Å². The molecule has 0 radical (unpaired) electrons. The Balaban J connectivity index is 1.76. The molecule has 1 aromatic carbocycles. The summed E-state index contributed by atoms with van der Waals surface area (Å²) in [6.07, 6.45) is 0. The van der Waals surface area contributed by atoms with Gasteiger partial charge in [-0.15, -0.1) is 11.3 Å². The van der Waals surface area contributed by atoms with Crippen LogP contribution in [-0.2, 0) is 40.9 Å². The number of amides is 2. The average molecular weight is 599 g/mol. The third kappa shape index (κ3) is 6.69. The number of nitrogen functional groups attached to an aromatic ring is 1. The third-order valence-corrected chi connectivity index (χ3v) is 7.26. The fourth-order valence-corrected chi connectivity index (χ4v) is 5.16. The number of nitro groups is 1. The van der Waals surface area contributed by atoms with Gasteiger partial charge < -0.3 is 20.6 Å². The van der Waals surface area contributed by atoms with Gasteiger partial charge in [0.1, 0.15) is 18.3 Å². The zero-order valence-electron chi connectivity index (χ0n) is 21.6. The van der Waals surface area contributed by atoms with E-state index in [0.717, 1.165) is 11.3 Å². The lowest BCUT2D eigenvalue weighted by Gasteiger charge is -2.46. The van der Waals surface area contributed by atoms with Gasteiger partial charge in [-0.2, -0.15) is 8.42 Å². The number of hydrogen-bond acceptors (Lipinski definition) is 13. The second-order valence-corrected chi connectivity index (χ2v) is 11.6. The zero-order chi connectivity index (χ0) is 30.0. The molecule has 0 spiro atoms. The number of benzene rings is 1. The molecule has 1 fully saturated rings. The van der Waals surface area contributed by atoms with Crippen molar-refractivity contribution in [3.8, 4) is 0 Å². The number of non-ortho nitro benzene ring substituents is 1. The van der Waals surface area contributed by atoms with Crippen molar-refractivity contribution in [2.45, 2.75) is 52.0 Å². The SMILES string of the molecule is CC(C)C1C(NC(=O)C(=NOC(C)(C)C(=O)OCc2ccc([N+](=O)[O-])cc2)c2csc(N)n2)C(=O)N1S(=O)(=O)O. The van der Waals surface area contributed by atoms with Crippen LogP contribution in [-0.4, -0.2) is 68.4 Å². The topological polar surface area (TPSA) is 234 Å². The molecule has 216 valence electrons. The lowest BCUT2D eigenvalue weighted by atomic mass is 9.88. The van der Waals surface area contributed by atoms with Crippen LogP contribution in [0.4, 0.5) is 10.8 Å². The summed E-state index contributed by atoms with van der Waals surface area (Å²) in [5, 5.41) is 18.4. The number of oxime groups is 1. The van der Waals surface area contributed by atoms with Crippen molar-refractivity contribution in [1.82, 2.24) is 14.6 Å². The molecule has 1 aromatic heterocycles. The number of rotatable bonds is 11. The van der Waals surface area contributed by atoms with E-state index < -0.39 is 62.3 Å². The van der Waals surface area contributed by atoms with Gasteiger partial charge >= 0.3 is 16.3 Å². The molecule has 1 aliphatic rings. The van der Waals surface area contributed by atoms with Gasteiger partial charge in [0.05, 0.1) is 11.0 Å². The summed E-state index contributed by atoms with van der Waals surface area (Å²) < 4.78 is 38.1. The molecular formula is C22H26N6O10S2. The molecule has 2 atom stereocenters. The molecule has 1 saturated heterocycles. The van der Waals surface area contributed by atoms with Crippen LogP contribution < -0.4 is 11.1 Å². The monoisotopic (exact) mass is 598 g/mol. The number of nitrogens with two attached hydrogens (primary N) is 1. The van der Waals surface area contributed by atoms with Gasteiger partial charge in [-0.05, 0) is 37.5 Å². The molecule has 2 aromatic rings. The molecular weight excluding hydrogens is 572 g/mol. The summed E-state index contributed by atoms with van der Waals surface area (Å²) in [4.78, 5) is 57.8. The maximum absolute atomic E-state index is 13.2. The molecule has 2 heterocycles. The minimum absolute atomic E-state index is 0.0467. The lowest BCUT2D eigenvalue weighted by molar-refractivity contribution is -0.384. The number of nitro benzene ring substituents is 1. The Bertz CT molecular complexity index is 1450. The zero-order valence-corrected chi connectivity index (χ0v) is 23.3. The third-order valence-electron chi connectivity index (χ3n) is 5.67. The fraction of sp³-hybridized carbons (Fsp3) is 0.409. The van der Waals surface area contributed by atoms with Gasteiger partial charge in [-0.25, -0.2) is 14.1 Å². The minimum atomic E-state index is -4.85. The Morgan fingerprint density at radius 2 is 1.95 bits per heavy atom. The largest absolute Gasteiger partial charge is 0.458 e. The van der Waals surface area contributed by atoms with E-state index in [4.69, 9.17) is 15.3 Å². The molecule has 0 aliphatic carbocycles. The number of ether oxygens (including phenoxy) is 1. The summed E-state index contributed by atoms with van der Waals surface area (Å²) in [6, 6.07) is 2.97. The Morgan fingerprint density at radius 3 is 2.45 bits per heavy atom. The van der Waals surface area contributed by atoms with Crippen molar-refractivity contribution in [3.05, 3.63) is 51.0 Å². The van der Waals surface area contributed by atoms with E-state index in [1.807, 2.05) is 0 Å². The molecule has 3 rings (SSSR count). The lowest BCUT2D eigenvalue weighted by Crippen LogP contribution is -2.73. The van der Waals surface area contributed by atoms with Crippen LogP contribution in [0.3, 0.4) is 0 Å². The Labute approximate surface area is 232 Å². The highest BCUT2D eigenvalue weighted by Crippen LogP contribution is 2.29. The first-order valence-electron chi connectivity index (χ1n) is 11.5. The van der Waals surface area contributed by atoms with Crippen molar-refractivity contribution in [2.75, 3.05) is 5.73 Å². The molecule has 0 bridgehead atoms. The van der Waals surface area contributed by atoms with Crippen molar-refractivity contribution in [2.24, 2.45) is 11.1 Å². The molecule has 2 unspecified atom stereocenters. The van der Waals surface area contributed by atoms with Crippen molar-refractivity contribution < 1.29 is 41.9 Å². The number of thiazole rings is 1. The minimum Gasteiger partial charge on any atom is -0.458 e. The molecule has 1 aliphatic heterocycles.